The fourth-order valence-corrected chi connectivity index (χ4v) is 1.70. The van der Waals surface area contributed by atoms with Gasteiger partial charge in [-0.1, -0.05) is 12.1 Å². The Hall–Kier alpha value is -2.49. The number of carbonyl (C=O) groups is 1. The first-order valence-electron chi connectivity index (χ1n) is 5.96. The molecule has 98 valence electrons. The summed E-state index contributed by atoms with van der Waals surface area (Å²) in [6.07, 6.45) is -0.473. The second-order valence-electron chi connectivity index (χ2n) is 4.19. The highest BCUT2D eigenvalue weighted by Gasteiger charge is 2.00. The predicted molar refractivity (Wildman–Crippen MR) is 76.9 cm³/mol. The first-order chi connectivity index (χ1) is 9.17. The van der Waals surface area contributed by atoms with Crippen LogP contribution < -0.4 is 10.6 Å². The minimum Gasteiger partial charge on any atom is -0.453 e. The van der Waals surface area contributed by atoms with E-state index in [2.05, 4.69) is 34.4 Å². The molecule has 0 aliphatic heterocycles. The summed E-state index contributed by atoms with van der Waals surface area (Å²) in [5.41, 5.74) is 3.89. The van der Waals surface area contributed by atoms with Crippen LogP contribution in [0.1, 0.15) is 5.56 Å². The van der Waals surface area contributed by atoms with Crippen LogP contribution in [0.5, 0.6) is 0 Å². The van der Waals surface area contributed by atoms with E-state index in [9.17, 15) is 4.79 Å². The number of rotatable bonds is 3. The summed E-state index contributed by atoms with van der Waals surface area (Å²) in [4.78, 5) is 11.0. The highest BCUT2D eigenvalue weighted by atomic mass is 16.5. The van der Waals surface area contributed by atoms with Crippen molar-refractivity contribution in [1.82, 2.24) is 0 Å². The van der Waals surface area contributed by atoms with E-state index in [1.807, 2.05) is 36.4 Å². The van der Waals surface area contributed by atoms with Crippen molar-refractivity contribution >= 4 is 23.2 Å². The van der Waals surface area contributed by atoms with Crippen molar-refractivity contribution < 1.29 is 9.53 Å². The average Bonchev–Trinajstić information content (AvgIpc) is 2.41. The predicted octanol–water partition coefficient (Wildman–Crippen LogP) is 3.92. The van der Waals surface area contributed by atoms with E-state index in [1.165, 1.54) is 12.7 Å². The molecule has 0 radical (unpaired) electrons. The highest BCUT2D eigenvalue weighted by molar-refractivity contribution is 5.84. The van der Waals surface area contributed by atoms with Crippen molar-refractivity contribution in [1.29, 1.82) is 0 Å². The number of hydrogen-bond acceptors (Lipinski definition) is 3. The zero-order chi connectivity index (χ0) is 13.7. The summed E-state index contributed by atoms with van der Waals surface area (Å²) < 4.78 is 4.53. The summed E-state index contributed by atoms with van der Waals surface area (Å²) in [5.74, 6) is 0. The van der Waals surface area contributed by atoms with Crippen LogP contribution in [0.3, 0.4) is 0 Å². The van der Waals surface area contributed by atoms with Crippen LogP contribution in [0.15, 0.2) is 48.5 Å². The smallest absolute Gasteiger partial charge is 0.411 e. The summed E-state index contributed by atoms with van der Waals surface area (Å²) in [6.45, 7) is 2.05. The maximum absolute atomic E-state index is 11.0. The highest BCUT2D eigenvalue weighted by Crippen LogP contribution is 2.19. The molecule has 1 amide bonds. The third-order valence-electron chi connectivity index (χ3n) is 2.62. The molecular formula is C15H16N2O2. The number of benzene rings is 2. The number of carbonyl (C=O) groups excluding carboxylic acids is 1. The Morgan fingerprint density at radius 3 is 2.32 bits per heavy atom. The third kappa shape index (κ3) is 3.74. The van der Waals surface area contributed by atoms with Gasteiger partial charge in [0, 0.05) is 17.1 Å². The van der Waals surface area contributed by atoms with Crippen LogP contribution in [0.2, 0.25) is 0 Å². The Morgan fingerprint density at radius 2 is 1.68 bits per heavy atom. The zero-order valence-corrected chi connectivity index (χ0v) is 10.9. The second-order valence-corrected chi connectivity index (χ2v) is 4.19. The molecule has 0 heterocycles. The van der Waals surface area contributed by atoms with Crippen LogP contribution in [0.4, 0.5) is 21.9 Å². The minimum absolute atomic E-state index is 0.473. The second kappa shape index (κ2) is 5.91. The first-order valence-corrected chi connectivity index (χ1v) is 5.96. The molecule has 0 spiro atoms. The van der Waals surface area contributed by atoms with Crippen LogP contribution in [0, 0.1) is 6.92 Å². The lowest BCUT2D eigenvalue weighted by Crippen LogP contribution is -2.10. The number of amides is 1. The molecule has 0 saturated carbocycles. The number of aryl methyl sites for hydroxylation is 1. The lowest BCUT2D eigenvalue weighted by Gasteiger charge is -2.08. The maximum atomic E-state index is 11.0. The van der Waals surface area contributed by atoms with Gasteiger partial charge in [0.05, 0.1) is 7.11 Å². The van der Waals surface area contributed by atoms with Crippen molar-refractivity contribution in [2.75, 3.05) is 17.7 Å². The summed E-state index contributed by atoms with van der Waals surface area (Å²) in [5, 5.41) is 5.90. The lowest BCUT2D eigenvalue weighted by atomic mass is 10.2. The third-order valence-corrected chi connectivity index (χ3v) is 2.62. The minimum atomic E-state index is -0.473. The van der Waals surface area contributed by atoms with Gasteiger partial charge < -0.3 is 10.1 Å². The van der Waals surface area contributed by atoms with Gasteiger partial charge >= 0.3 is 6.09 Å². The molecule has 2 rings (SSSR count). The molecule has 2 aromatic rings. The van der Waals surface area contributed by atoms with Crippen LogP contribution in [-0.2, 0) is 4.74 Å². The van der Waals surface area contributed by atoms with E-state index in [1.54, 1.807) is 0 Å². The molecule has 0 saturated heterocycles. The van der Waals surface area contributed by atoms with Gasteiger partial charge in [-0.05, 0) is 48.9 Å². The number of methoxy groups -OCH3 is 1. The molecule has 4 nitrogen and oxygen atoms in total. The molecule has 0 atom stereocenters. The van der Waals surface area contributed by atoms with Crippen LogP contribution >= 0.6 is 0 Å². The Balaban J connectivity index is 2.04. The van der Waals surface area contributed by atoms with Crippen molar-refractivity contribution in [3.63, 3.8) is 0 Å². The fourth-order valence-electron chi connectivity index (χ4n) is 1.70. The summed E-state index contributed by atoms with van der Waals surface area (Å²) >= 11 is 0. The molecule has 0 fully saturated rings. The van der Waals surface area contributed by atoms with E-state index in [-0.39, 0.29) is 0 Å². The van der Waals surface area contributed by atoms with Gasteiger partial charge in [-0.25, -0.2) is 4.79 Å². The van der Waals surface area contributed by atoms with Crippen molar-refractivity contribution in [2.45, 2.75) is 6.92 Å². The van der Waals surface area contributed by atoms with Gasteiger partial charge in [-0.3, -0.25) is 5.32 Å². The van der Waals surface area contributed by atoms with Gasteiger partial charge in [-0.2, -0.15) is 0 Å². The van der Waals surface area contributed by atoms with Crippen molar-refractivity contribution in [3.8, 4) is 0 Å². The lowest BCUT2D eigenvalue weighted by molar-refractivity contribution is 0.187. The van der Waals surface area contributed by atoms with E-state index in [0.717, 1.165) is 11.4 Å². The molecule has 19 heavy (non-hydrogen) atoms. The van der Waals surface area contributed by atoms with Gasteiger partial charge in [0.15, 0.2) is 0 Å². The molecule has 0 aliphatic carbocycles. The largest absolute Gasteiger partial charge is 0.453 e. The van der Waals surface area contributed by atoms with Crippen molar-refractivity contribution in [2.24, 2.45) is 0 Å². The molecule has 0 bridgehead atoms. The monoisotopic (exact) mass is 256 g/mol. The Kier molecular flexibility index (Phi) is 4.03. The number of anilines is 3. The number of hydrogen-bond donors (Lipinski definition) is 2. The Morgan fingerprint density at radius 1 is 1.00 bits per heavy atom. The number of ether oxygens (including phenoxy) is 1. The SMILES string of the molecule is COC(=O)Nc1ccc(Nc2cccc(C)c2)cc1. The van der Waals surface area contributed by atoms with E-state index in [0.29, 0.717) is 5.69 Å². The summed E-state index contributed by atoms with van der Waals surface area (Å²) in [6, 6.07) is 15.6. The Labute approximate surface area is 112 Å². The topological polar surface area (TPSA) is 50.4 Å². The normalized spacial score (nSPS) is 9.79. The molecule has 0 unspecified atom stereocenters. The molecule has 2 N–H and O–H groups in total. The molecule has 0 aliphatic rings. The van der Waals surface area contributed by atoms with Crippen LogP contribution in [-0.4, -0.2) is 13.2 Å². The van der Waals surface area contributed by atoms with E-state index >= 15 is 0 Å². The molecular weight excluding hydrogens is 240 g/mol. The molecule has 4 heteroatoms. The fraction of sp³-hybridized carbons (Fsp3) is 0.133. The molecule has 0 aromatic heterocycles. The van der Waals surface area contributed by atoms with Gasteiger partial charge in [-0.15, -0.1) is 0 Å². The van der Waals surface area contributed by atoms with Crippen molar-refractivity contribution in [3.05, 3.63) is 54.1 Å². The molecule has 2 aromatic carbocycles. The van der Waals surface area contributed by atoms with E-state index in [4.69, 9.17) is 0 Å². The number of nitrogens with one attached hydrogen (secondary N) is 2. The Bertz CT molecular complexity index is 565. The quantitative estimate of drug-likeness (QED) is 0.875. The zero-order valence-electron chi connectivity index (χ0n) is 10.9. The van der Waals surface area contributed by atoms with E-state index < -0.39 is 6.09 Å². The summed E-state index contributed by atoms with van der Waals surface area (Å²) in [7, 11) is 1.34. The first kappa shape index (κ1) is 13.0. The average molecular weight is 256 g/mol. The standard InChI is InChI=1S/C15H16N2O2/c1-11-4-3-5-14(10-11)16-12-6-8-13(9-7-12)17-15(18)19-2/h3-10,16H,1-2H3,(H,17,18). The van der Waals surface area contributed by atoms with Gasteiger partial charge in [0.2, 0.25) is 0 Å². The van der Waals surface area contributed by atoms with Crippen LogP contribution in [0.25, 0.3) is 0 Å². The van der Waals surface area contributed by atoms with Gasteiger partial charge in [0.1, 0.15) is 0 Å². The van der Waals surface area contributed by atoms with Gasteiger partial charge in [0.25, 0.3) is 0 Å². The maximum Gasteiger partial charge on any atom is 0.411 e.